The summed E-state index contributed by atoms with van der Waals surface area (Å²) in [6.45, 7) is 8.00. The molecule has 17 heavy (non-hydrogen) atoms. The molecule has 3 nitrogen and oxygen atoms in total. The van der Waals surface area contributed by atoms with Crippen molar-refractivity contribution in [2.24, 2.45) is 0 Å². The zero-order chi connectivity index (χ0) is 12.7. The molecule has 2 N–H and O–H groups in total. The lowest BCUT2D eigenvalue weighted by Crippen LogP contribution is -2.39. The molecule has 1 rings (SSSR count). The van der Waals surface area contributed by atoms with E-state index in [9.17, 15) is 4.79 Å². The maximum Gasteiger partial charge on any atom is 0.247 e. The second kappa shape index (κ2) is 7.49. The number of hydrogen-bond acceptors (Lipinski definition) is 2. The highest BCUT2D eigenvalue weighted by Gasteiger charge is 2.16. The predicted octanol–water partition coefficient (Wildman–Crippen LogP) is 2.38. The van der Waals surface area contributed by atoms with Gasteiger partial charge in [-0.15, -0.1) is 0 Å². The van der Waals surface area contributed by atoms with Crippen LogP contribution in [0.4, 0.5) is 0 Å². The summed E-state index contributed by atoms with van der Waals surface area (Å²) in [4.78, 5) is 11.9. The van der Waals surface area contributed by atoms with Crippen LogP contribution in [0.2, 0.25) is 0 Å². The van der Waals surface area contributed by atoms with E-state index in [1.165, 1.54) is 31.3 Å². The van der Waals surface area contributed by atoms with Crippen molar-refractivity contribution in [2.75, 3.05) is 13.1 Å². The average molecular weight is 238 g/mol. The van der Waals surface area contributed by atoms with E-state index in [-0.39, 0.29) is 5.91 Å². The van der Waals surface area contributed by atoms with Crippen molar-refractivity contribution in [2.45, 2.75) is 58.9 Å². The first-order chi connectivity index (χ1) is 8.15. The monoisotopic (exact) mass is 238 g/mol. The zero-order valence-corrected chi connectivity index (χ0v) is 11.4. The van der Waals surface area contributed by atoms with Crippen molar-refractivity contribution < 1.29 is 4.79 Å². The number of unbranched alkanes of at least 4 members (excludes halogenated alkanes) is 3. The zero-order valence-electron chi connectivity index (χ0n) is 11.4. The van der Waals surface area contributed by atoms with Gasteiger partial charge in [0.15, 0.2) is 0 Å². The average Bonchev–Trinajstić information content (AvgIpc) is 2.22. The molecule has 0 aliphatic carbocycles. The van der Waals surface area contributed by atoms with Gasteiger partial charge in [0.25, 0.3) is 0 Å². The van der Waals surface area contributed by atoms with E-state index >= 15 is 0 Å². The van der Waals surface area contributed by atoms with E-state index in [0.717, 1.165) is 25.1 Å². The lowest BCUT2D eigenvalue weighted by atomic mass is 10.0. The standard InChI is InChI=1S/C14H26N2O/c1-4-5-6-7-8-11(2)16-14(17)12(3)13-9-15-10-13/h11,15H,4-10H2,1-3H3,(H,16,17). The molecule has 0 radical (unpaired) electrons. The van der Waals surface area contributed by atoms with Crippen molar-refractivity contribution in [3.05, 3.63) is 11.1 Å². The van der Waals surface area contributed by atoms with Gasteiger partial charge in [-0.05, 0) is 25.8 Å². The Labute approximate surface area is 105 Å². The van der Waals surface area contributed by atoms with Crippen LogP contribution in [-0.4, -0.2) is 25.0 Å². The van der Waals surface area contributed by atoms with E-state index < -0.39 is 0 Å². The summed E-state index contributed by atoms with van der Waals surface area (Å²) < 4.78 is 0. The van der Waals surface area contributed by atoms with Crippen LogP contribution in [-0.2, 0) is 4.79 Å². The Morgan fingerprint density at radius 3 is 2.59 bits per heavy atom. The Hall–Kier alpha value is -0.830. The van der Waals surface area contributed by atoms with Crippen LogP contribution in [0.1, 0.15) is 52.9 Å². The number of hydrogen-bond donors (Lipinski definition) is 2. The molecule has 1 heterocycles. The van der Waals surface area contributed by atoms with Crippen LogP contribution in [0.5, 0.6) is 0 Å². The van der Waals surface area contributed by atoms with E-state index in [0.29, 0.717) is 6.04 Å². The lowest BCUT2D eigenvalue weighted by molar-refractivity contribution is -0.118. The molecular formula is C14H26N2O. The number of carbonyl (C=O) groups is 1. The molecule has 0 aromatic rings. The van der Waals surface area contributed by atoms with Crippen molar-refractivity contribution >= 4 is 5.91 Å². The van der Waals surface area contributed by atoms with Crippen molar-refractivity contribution in [3.8, 4) is 0 Å². The molecule has 1 aliphatic rings. The topological polar surface area (TPSA) is 41.1 Å². The summed E-state index contributed by atoms with van der Waals surface area (Å²) in [5.74, 6) is 0.115. The minimum Gasteiger partial charge on any atom is -0.350 e. The van der Waals surface area contributed by atoms with Crippen LogP contribution in [0.3, 0.4) is 0 Å². The molecule has 98 valence electrons. The summed E-state index contributed by atoms with van der Waals surface area (Å²) >= 11 is 0. The molecule has 1 amide bonds. The van der Waals surface area contributed by atoms with Gasteiger partial charge in [-0.1, -0.05) is 32.6 Å². The third kappa shape index (κ3) is 4.90. The minimum atomic E-state index is 0.115. The van der Waals surface area contributed by atoms with Gasteiger partial charge < -0.3 is 10.6 Å². The first-order valence-corrected chi connectivity index (χ1v) is 6.85. The normalized spacial score (nSPS) is 16.3. The van der Waals surface area contributed by atoms with Gasteiger partial charge in [0.05, 0.1) is 0 Å². The molecular weight excluding hydrogens is 212 g/mol. The first-order valence-electron chi connectivity index (χ1n) is 6.85. The van der Waals surface area contributed by atoms with Crippen molar-refractivity contribution in [1.82, 2.24) is 10.6 Å². The number of amides is 1. The molecule has 0 bridgehead atoms. The Kier molecular flexibility index (Phi) is 6.27. The molecule has 1 fully saturated rings. The van der Waals surface area contributed by atoms with Gasteiger partial charge >= 0.3 is 0 Å². The van der Waals surface area contributed by atoms with Crippen LogP contribution in [0, 0.1) is 0 Å². The van der Waals surface area contributed by atoms with Crippen molar-refractivity contribution in [3.63, 3.8) is 0 Å². The molecule has 3 heteroatoms. The summed E-state index contributed by atoms with van der Waals surface area (Å²) in [7, 11) is 0. The molecule has 1 aliphatic heterocycles. The largest absolute Gasteiger partial charge is 0.350 e. The van der Waals surface area contributed by atoms with Gasteiger partial charge in [0.2, 0.25) is 5.91 Å². The fraction of sp³-hybridized carbons (Fsp3) is 0.786. The van der Waals surface area contributed by atoms with Crippen molar-refractivity contribution in [1.29, 1.82) is 0 Å². The summed E-state index contributed by atoms with van der Waals surface area (Å²) in [5.41, 5.74) is 2.16. The fourth-order valence-corrected chi connectivity index (χ4v) is 1.96. The molecule has 1 saturated heterocycles. The minimum absolute atomic E-state index is 0.115. The van der Waals surface area contributed by atoms with E-state index in [1.54, 1.807) is 0 Å². The predicted molar refractivity (Wildman–Crippen MR) is 71.9 cm³/mol. The number of nitrogens with one attached hydrogen (secondary N) is 2. The van der Waals surface area contributed by atoms with Crippen LogP contribution in [0.15, 0.2) is 11.1 Å². The Morgan fingerprint density at radius 1 is 1.35 bits per heavy atom. The van der Waals surface area contributed by atoms with Gasteiger partial charge in [0.1, 0.15) is 0 Å². The lowest BCUT2D eigenvalue weighted by Gasteiger charge is -2.22. The molecule has 0 spiro atoms. The highest BCUT2D eigenvalue weighted by molar-refractivity contribution is 5.94. The van der Waals surface area contributed by atoms with E-state index in [1.807, 2.05) is 6.92 Å². The van der Waals surface area contributed by atoms with Crippen LogP contribution < -0.4 is 10.6 Å². The summed E-state index contributed by atoms with van der Waals surface area (Å²) in [6.07, 6.45) is 6.15. The van der Waals surface area contributed by atoms with Crippen LogP contribution >= 0.6 is 0 Å². The van der Waals surface area contributed by atoms with Gasteiger partial charge in [-0.25, -0.2) is 0 Å². The maximum absolute atomic E-state index is 11.9. The molecule has 0 aromatic carbocycles. The quantitative estimate of drug-likeness (QED) is 0.528. The van der Waals surface area contributed by atoms with Gasteiger partial charge in [0, 0.05) is 24.7 Å². The van der Waals surface area contributed by atoms with Gasteiger partial charge in [-0.3, -0.25) is 4.79 Å². The van der Waals surface area contributed by atoms with E-state index in [2.05, 4.69) is 24.5 Å². The van der Waals surface area contributed by atoms with Gasteiger partial charge in [-0.2, -0.15) is 0 Å². The number of rotatable bonds is 7. The summed E-state index contributed by atoms with van der Waals surface area (Å²) in [5, 5.41) is 6.24. The highest BCUT2D eigenvalue weighted by Crippen LogP contribution is 2.10. The Morgan fingerprint density at radius 2 is 2.06 bits per heavy atom. The Bertz CT molecular complexity index is 278. The second-order valence-corrected chi connectivity index (χ2v) is 5.06. The SMILES string of the molecule is CCCCCCC(C)NC(=O)C(C)=C1CNC1. The molecule has 0 aromatic heterocycles. The third-order valence-corrected chi connectivity index (χ3v) is 3.42. The molecule has 1 unspecified atom stereocenters. The first kappa shape index (κ1) is 14.2. The maximum atomic E-state index is 11.9. The highest BCUT2D eigenvalue weighted by atomic mass is 16.1. The fourth-order valence-electron chi connectivity index (χ4n) is 1.96. The van der Waals surface area contributed by atoms with E-state index in [4.69, 9.17) is 0 Å². The third-order valence-electron chi connectivity index (χ3n) is 3.42. The number of carbonyl (C=O) groups excluding carboxylic acids is 1. The second-order valence-electron chi connectivity index (χ2n) is 5.06. The molecule has 1 atom stereocenters. The summed E-state index contributed by atoms with van der Waals surface area (Å²) in [6, 6.07) is 0.294. The smallest absolute Gasteiger partial charge is 0.247 e. The Balaban J connectivity index is 2.21. The molecule has 0 saturated carbocycles. The van der Waals surface area contributed by atoms with Crippen LogP contribution in [0.25, 0.3) is 0 Å².